The molecule has 0 unspecified atom stereocenters. The molecule has 0 saturated heterocycles. The van der Waals surface area contributed by atoms with Crippen LogP contribution in [0.3, 0.4) is 0 Å². The molecule has 94 valence electrons. The third-order valence-electron chi connectivity index (χ3n) is 3.34. The van der Waals surface area contributed by atoms with E-state index in [1.165, 1.54) is 18.9 Å². The Morgan fingerprint density at radius 1 is 1.39 bits per heavy atom. The van der Waals surface area contributed by atoms with E-state index in [9.17, 15) is 4.39 Å². The van der Waals surface area contributed by atoms with Crippen molar-refractivity contribution in [1.29, 1.82) is 0 Å². The molecule has 1 heterocycles. The van der Waals surface area contributed by atoms with Crippen LogP contribution < -0.4 is 5.73 Å². The van der Waals surface area contributed by atoms with E-state index in [4.69, 9.17) is 5.73 Å². The fraction of sp³-hybridized carbons (Fsp3) is 0.357. The van der Waals surface area contributed by atoms with Crippen LogP contribution >= 0.6 is 0 Å². The molecular weight excluding hydrogens is 229 g/mol. The van der Waals surface area contributed by atoms with Gasteiger partial charge in [0.25, 0.3) is 0 Å². The first kappa shape index (κ1) is 11.4. The molecule has 1 saturated carbocycles. The zero-order chi connectivity index (χ0) is 12.7. The van der Waals surface area contributed by atoms with Crippen molar-refractivity contribution in [2.45, 2.75) is 31.7 Å². The van der Waals surface area contributed by atoms with Gasteiger partial charge in [-0.25, -0.2) is 9.07 Å². The fourth-order valence-electron chi connectivity index (χ4n) is 2.25. The maximum atomic E-state index is 13.8. The second-order valence-electron chi connectivity index (χ2n) is 4.92. The number of aromatic nitrogens is 2. The van der Waals surface area contributed by atoms with Crippen LogP contribution in [0.4, 0.5) is 4.39 Å². The quantitative estimate of drug-likeness (QED) is 0.903. The largest absolute Gasteiger partial charge is 0.324 e. The summed E-state index contributed by atoms with van der Waals surface area (Å²) in [7, 11) is 0. The average Bonchev–Trinajstić information content (AvgIpc) is 3.06. The van der Waals surface area contributed by atoms with Crippen LogP contribution in [0.15, 0.2) is 30.5 Å². The zero-order valence-electron chi connectivity index (χ0n) is 10.3. The van der Waals surface area contributed by atoms with Gasteiger partial charge in [0.15, 0.2) is 0 Å². The van der Waals surface area contributed by atoms with Gasteiger partial charge in [0.1, 0.15) is 5.82 Å². The van der Waals surface area contributed by atoms with E-state index in [0.717, 1.165) is 11.4 Å². The molecular formula is C14H16FN3. The van der Waals surface area contributed by atoms with E-state index in [1.807, 2.05) is 18.3 Å². The van der Waals surface area contributed by atoms with Gasteiger partial charge in [0.05, 0.1) is 11.4 Å². The highest BCUT2D eigenvalue weighted by molar-refractivity contribution is 5.43. The molecule has 2 N–H and O–H groups in total. The number of hydrogen-bond donors (Lipinski definition) is 1. The fourth-order valence-corrected chi connectivity index (χ4v) is 2.25. The summed E-state index contributed by atoms with van der Waals surface area (Å²) in [6.07, 6.45) is 4.30. The highest BCUT2D eigenvalue weighted by atomic mass is 19.1. The molecule has 1 aromatic carbocycles. The van der Waals surface area contributed by atoms with Crippen LogP contribution in [0.25, 0.3) is 5.69 Å². The monoisotopic (exact) mass is 245 g/mol. The van der Waals surface area contributed by atoms with Crippen molar-refractivity contribution in [3.05, 3.63) is 47.5 Å². The molecule has 0 spiro atoms. The average molecular weight is 245 g/mol. The van der Waals surface area contributed by atoms with E-state index >= 15 is 0 Å². The Hall–Kier alpha value is -1.68. The standard InChI is InChI=1S/C14H16FN3/c1-9(16)14-11(15)3-2-4-13(14)18-8-7-12(17-18)10-5-6-10/h2-4,7-10H,5-6,16H2,1H3/t9-/m0/s1. The van der Waals surface area contributed by atoms with E-state index < -0.39 is 0 Å². The Labute approximate surface area is 105 Å². The molecule has 4 heteroatoms. The lowest BCUT2D eigenvalue weighted by atomic mass is 10.1. The summed E-state index contributed by atoms with van der Waals surface area (Å²) in [5, 5.41) is 4.52. The lowest BCUT2D eigenvalue weighted by Gasteiger charge is -2.13. The number of hydrogen-bond acceptors (Lipinski definition) is 2. The number of halogens is 1. The van der Waals surface area contributed by atoms with Crippen molar-refractivity contribution in [3.8, 4) is 5.69 Å². The SMILES string of the molecule is C[C@H](N)c1c(F)cccc1-n1ccc(C2CC2)n1. The highest BCUT2D eigenvalue weighted by Gasteiger charge is 2.26. The topological polar surface area (TPSA) is 43.8 Å². The predicted octanol–water partition coefficient (Wildman–Crippen LogP) is 2.91. The van der Waals surface area contributed by atoms with Crippen molar-refractivity contribution in [2.75, 3.05) is 0 Å². The molecule has 1 aromatic heterocycles. The van der Waals surface area contributed by atoms with Crippen molar-refractivity contribution in [1.82, 2.24) is 9.78 Å². The molecule has 0 amide bonds. The molecule has 0 bridgehead atoms. The first-order valence-corrected chi connectivity index (χ1v) is 6.26. The third kappa shape index (κ3) is 1.93. The predicted molar refractivity (Wildman–Crippen MR) is 68.1 cm³/mol. The van der Waals surface area contributed by atoms with Crippen LogP contribution in [0.1, 0.15) is 43.0 Å². The lowest BCUT2D eigenvalue weighted by molar-refractivity contribution is 0.588. The maximum Gasteiger partial charge on any atom is 0.130 e. The van der Waals surface area contributed by atoms with Gasteiger partial charge in [-0.05, 0) is 38.0 Å². The third-order valence-corrected chi connectivity index (χ3v) is 3.34. The van der Waals surface area contributed by atoms with Crippen LogP contribution in [0, 0.1) is 5.82 Å². The van der Waals surface area contributed by atoms with E-state index in [0.29, 0.717) is 11.5 Å². The van der Waals surface area contributed by atoms with Gasteiger partial charge in [-0.3, -0.25) is 0 Å². The summed E-state index contributed by atoms with van der Waals surface area (Å²) in [6, 6.07) is 6.64. The second-order valence-corrected chi connectivity index (χ2v) is 4.92. The highest BCUT2D eigenvalue weighted by Crippen LogP contribution is 2.39. The Morgan fingerprint density at radius 2 is 2.17 bits per heavy atom. The van der Waals surface area contributed by atoms with Crippen molar-refractivity contribution < 1.29 is 4.39 Å². The van der Waals surface area contributed by atoms with Gasteiger partial charge in [0, 0.05) is 23.7 Å². The molecule has 1 atom stereocenters. The minimum atomic E-state index is -0.352. The Morgan fingerprint density at radius 3 is 2.83 bits per heavy atom. The van der Waals surface area contributed by atoms with Gasteiger partial charge < -0.3 is 5.73 Å². The number of nitrogens with two attached hydrogens (primary N) is 1. The molecule has 3 rings (SSSR count). The summed E-state index contributed by atoms with van der Waals surface area (Å²) in [5.41, 5.74) is 8.19. The molecule has 0 radical (unpaired) electrons. The Balaban J connectivity index is 2.06. The number of nitrogens with zero attached hydrogens (tertiary/aromatic N) is 2. The number of benzene rings is 1. The smallest absolute Gasteiger partial charge is 0.130 e. The van der Waals surface area contributed by atoms with Gasteiger partial charge in [-0.15, -0.1) is 0 Å². The molecule has 18 heavy (non-hydrogen) atoms. The molecule has 2 aromatic rings. The Bertz CT molecular complexity index is 570. The lowest BCUT2D eigenvalue weighted by Crippen LogP contribution is -2.12. The first-order valence-electron chi connectivity index (χ1n) is 6.26. The second kappa shape index (κ2) is 4.21. The summed E-state index contributed by atoms with van der Waals surface area (Å²) in [4.78, 5) is 0. The summed E-state index contributed by atoms with van der Waals surface area (Å²) in [5.74, 6) is 0.324. The minimum absolute atomic E-state index is 0.272. The zero-order valence-corrected chi connectivity index (χ0v) is 10.3. The van der Waals surface area contributed by atoms with Crippen LogP contribution in [-0.2, 0) is 0 Å². The summed E-state index contributed by atoms with van der Waals surface area (Å²) < 4.78 is 15.6. The van der Waals surface area contributed by atoms with Gasteiger partial charge in [-0.1, -0.05) is 6.07 Å². The van der Waals surface area contributed by atoms with E-state index in [1.54, 1.807) is 17.7 Å². The van der Waals surface area contributed by atoms with Crippen molar-refractivity contribution in [2.24, 2.45) is 5.73 Å². The van der Waals surface area contributed by atoms with Crippen LogP contribution in [0.5, 0.6) is 0 Å². The summed E-state index contributed by atoms with van der Waals surface area (Å²) in [6.45, 7) is 1.78. The molecule has 0 aliphatic heterocycles. The van der Waals surface area contributed by atoms with E-state index in [-0.39, 0.29) is 11.9 Å². The van der Waals surface area contributed by atoms with Gasteiger partial charge in [0.2, 0.25) is 0 Å². The van der Waals surface area contributed by atoms with Crippen molar-refractivity contribution in [3.63, 3.8) is 0 Å². The molecule has 1 aliphatic carbocycles. The van der Waals surface area contributed by atoms with Gasteiger partial charge in [-0.2, -0.15) is 5.10 Å². The molecule has 3 nitrogen and oxygen atoms in total. The summed E-state index contributed by atoms with van der Waals surface area (Å²) >= 11 is 0. The Kier molecular flexibility index (Phi) is 2.67. The van der Waals surface area contributed by atoms with Crippen LogP contribution in [0.2, 0.25) is 0 Å². The van der Waals surface area contributed by atoms with Crippen LogP contribution in [-0.4, -0.2) is 9.78 Å². The first-order chi connectivity index (χ1) is 8.66. The normalized spacial score (nSPS) is 16.8. The van der Waals surface area contributed by atoms with Gasteiger partial charge >= 0.3 is 0 Å². The van der Waals surface area contributed by atoms with E-state index in [2.05, 4.69) is 5.10 Å². The number of rotatable bonds is 3. The molecule has 1 fully saturated rings. The minimum Gasteiger partial charge on any atom is -0.324 e. The van der Waals surface area contributed by atoms with Crippen molar-refractivity contribution >= 4 is 0 Å². The maximum absolute atomic E-state index is 13.8. The molecule has 1 aliphatic rings.